The second-order valence-corrected chi connectivity index (χ2v) is 10.8. The maximum Gasteiger partial charge on any atom is 0.326 e. The number of ether oxygens (including phenoxy) is 1. The molecule has 0 saturated carbocycles. The van der Waals surface area contributed by atoms with Gasteiger partial charge in [-0.2, -0.15) is 0 Å². The predicted octanol–water partition coefficient (Wildman–Crippen LogP) is 3.63. The number of carboxylic acid groups (broad SMARTS) is 1. The first kappa shape index (κ1) is 27.1. The zero-order valence-corrected chi connectivity index (χ0v) is 21.9. The predicted molar refractivity (Wildman–Crippen MR) is 142 cm³/mol. The Labute approximate surface area is 222 Å². The standard InChI is InChI=1S/C30H34N2O6/c1-30(2,3)38-24(33)17-16-23(29(36)37)32-22(15-14-19-10-6-4-7-11-19)26(28(32)35)25-21(18-31-27(25)34)20-12-8-5-9-13-20/h4-15,21-23,25-26H,16-18H2,1-3H3,(H,31,34)(H,36,37)/t21-,22-,23+,25?,26-/m1/s1. The summed E-state index contributed by atoms with van der Waals surface area (Å²) in [6, 6.07) is 17.2. The molecule has 2 amide bonds. The summed E-state index contributed by atoms with van der Waals surface area (Å²) in [5, 5.41) is 13.0. The summed E-state index contributed by atoms with van der Waals surface area (Å²) in [4.78, 5) is 52.6. The van der Waals surface area contributed by atoms with Crippen LogP contribution in [0, 0.1) is 11.8 Å². The minimum atomic E-state index is -1.23. The van der Waals surface area contributed by atoms with Gasteiger partial charge in [-0.3, -0.25) is 14.4 Å². The summed E-state index contributed by atoms with van der Waals surface area (Å²) in [5.74, 6) is -3.89. The Bertz CT molecular complexity index is 1200. The summed E-state index contributed by atoms with van der Waals surface area (Å²) in [6.07, 6.45) is 3.42. The molecule has 2 saturated heterocycles. The fourth-order valence-electron chi connectivity index (χ4n) is 5.38. The number of hydrogen-bond acceptors (Lipinski definition) is 5. The lowest BCUT2D eigenvalue weighted by Gasteiger charge is -2.51. The van der Waals surface area contributed by atoms with Crippen LogP contribution in [0.15, 0.2) is 66.7 Å². The summed E-state index contributed by atoms with van der Waals surface area (Å²) < 4.78 is 5.34. The first-order valence-corrected chi connectivity index (χ1v) is 12.9. The second-order valence-electron chi connectivity index (χ2n) is 10.8. The van der Waals surface area contributed by atoms with Gasteiger partial charge in [0.15, 0.2) is 0 Å². The lowest BCUT2D eigenvalue weighted by molar-refractivity contribution is -0.172. The number of carbonyl (C=O) groups is 4. The summed E-state index contributed by atoms with van der Waals surface area (Å²) in [7, 11) is 0. The number of carbonyl (C=O) groups excluding carboxylic acids is 3. The van der Waals surface area contributed by atoms with E-state index < -0.39 is 47.4 Å². The molecule has 2 aromatic rings. The Hall–Kier alpha value is -3.94. The van der Waals surface area contributed by atoms with Crippen molar-refractivity contribution >= 4 is 29.8 Å². The lowest BCUT2D eigenvalue weighted by atomic mass is 9.70. The molecule has 2 aliphatic heterocycles. The molecule has 8 heteroatoms. The van der Waals surface area contributed by atoms with Crippen LogP contribution >= 0.6 is 0 Å². The minimum Gasteiger partial charge on any atom is -0.480 e. The molecule has 8 nitrogen and oxygen atoms in total. The Balaban J connectivity index is 1.63. The van der Waals surface area contributed by atoms with Crippen molar-refractivity contribution < 1.29 is 29.0 Å². The van der Waals surface area contributed by atoms with Gasteiger partial charge in [0, 0.05) is 18.9 Å². The van der Waals surface area contributed by atoms with Gasteiger partial charge in [0.05, 0.1) is 17.9 Å². The molecule has 1 unspecified atom stereocenters. The number of aliphatic carboxylic acids is 1. The first-order valence-electron chi connectivity index (χ1n) is 12.9. The maximum atomic E-state index is 13.6. The van der Waals surface area contributed by atoms with Gasteiger partial charge in [-0.15, -0.1) is 0 Å². The third kappa shape index (κ3) is 5.96. The SMILES string of the molecule is CC(C)(C)OC(=O)CC[C@@H](C(=O)O)N1C(=O)[C@@H](C2C(=O)NC[C@@H]2c2ccccc2)[C@H]1C=Cc1ccccc1. The highest BCUT2D eigenvalue weighted by molar-refractivity contribution is 5.97. The van der Waals surface area contributed by atoms with Crippen LogP contribution in [0.5, 0.6) is 0 Å². The molecule has 0 aliphatic carbocycles. The van der Waals surface area contributed by atoms with E-state index in [1.54, 1.807) is 26.8 Å². The molecule has 5 atom stereocenters. The topological polar surface area (TPSA) is 113 Å². The Morgan fingerprint density at radius 1 is 1.05 bits per heavy atom. The number of carboxylic acids is 1. The van der Waals surface area contributed by atoms with Crippen molar-refractivity contribution in [2.45, 2.75) is 57.2 Å². The van der Waals surface area contributed by atoms with Crippen molar-refractivity contribution in [3.63, 3.8) is 0 Å². The van der Waals surface area contributed by atoms with Crippen molar-refractivity contribution in [2.75, 3.05) is 6.54 Å². The van der Waals surface area contributed by atoms with Crippen LogP contribution in [0.25, 0.3) is 6.08 Å². The number of β-lactam (4-membered cyclic amide) rings is 1. The average Bonchev–Trinajstić information content (AvgIpc) is 3.24. The van der Waals surface area contributed by atoms with Crippen LogP contribution in [0.4, 0.5) is 0 Å². The molecule has 0 radical (unpaired) electrons. The first-order chi connectivity index (χ1) is 18.1. The Morgan fingerprint density at radius 2 is 1.68 bits per heavy atom. The Morgan fingerprint density at radius 3 is 2.29 bits per heavy atom. The molecule has 0 bridgehead atoms. The highest BCUT2D eigenvalue weighted by Gasteiger charge is 2.58. The molecule has 200 valence electrons. The largest absolute Gasteiger partial charge is 0.480 e. The van der Waals surface area contributed by atoms with Crippen LogP contribution in [-0.2, 0) is 23.9 Å². The number of nitrogens with one attached hydrogen (secondary N) is 1. The quantitative estimate of drug-likeness (QED) is 0.387. The van der Waals surface area contributed by atoms with Crippen molar-refractivity contribution in [1.29, 1.82) is 0 Å². The number of likely N-dealkylation sites (tertiary alicyclic amines) is 1. The van der Waals surface area contributed by atoms with E-state index in [2.05, 4.69) is 5.32 Å². The minimum absolute atomic E-state index is 0.0860. The zero-order valence-electron chi connectivity index (χ0n) is 21.9. The molecule has 38 heavy (non-hydrogen) atoms. The second kappa shape index (κ2) is 11.2. The lowest BCUT2D eigenvalue weighted by Crippen LogP contribution is -2.68. The molecule has 2 fully saturated rings. The fourth-order valence-corrected chi connectivity index (χ4v) is 5.38. The van der Waals surface area contributed by atoms with E-state index in [0.717, 1.165) is 11.1 Å². The van der Waals surface area contributed by atoms with Crippen LogP contribution in [-0.4, -0.2) is 58.0 Å². The van der Waals surface area contributed by atoms with Crippen LogP contribution in [0.2, 0.25) is 0 Å². The van der Waals surface area contributed by atoms with Crippen molar-refractivity contribution in [3.8, 4) is 0 Å². The third-order valence-corrected chi connectivity index (χ3v) is 7.02. The van der Waals surface area contributed by atoms with Gasteiger partial charge in [-0.1, -0.05) is 72.8 Å². The molecule has 2 aromatic carbocycles. The van der Waals surface area contributed by atoms with Crippen LogP contribution in [0.3, 0.4) is 0 Å². The number of benzene rings is 2. The van der Waals surface area contributed by atoms with Gasteiger partial charge < -0.3 is 20.1 Å². The van der Waals surface area contributed by atoms with Crippen molar-refractivity contribution in [1.82, 2.24) is 10.2 Å². The van der Waals surface area contributed by atoms with E-state index in [1.165, 1.54) is 4.90 Å². The van der Waals surface area contributed by atoms with Gasteiger partial charge in [0.25, 0.3) is 0 Å². The molecule has 2 heterocycles. The number of amides is 2. The molecule has 0 spiro atoms. The molecule has 2 N–H and O–H groups in total. The summed E-state index contributed by atoms with van der Waals surface area (Å²) >= 11 is 0. The van der Waals surface area contributed by atoms with Crippen molar-refractivity contribution in [2.24, 2.45) is 11.8 Å². The number of rotatable bonds is 9. The molecular formula is C30H34N2O6. The monoisotopic (exact) mass is 518 g/mol. The fraction of sp³-hybridized carbons (Fsp3) is 0.400. The van der Waals surface area contributed by atoms with E-state index in [9.17, 15) is 24.3 Å². The highest BCUT2D eigenvalue weighted by atomic mass is 16.6. The normalized spacial score (nSPS) is 24.1. The smallest absolute Gasteiger partial charge is 0.326 e. The summed E-state index contributed by atoms with van der Waals surface area (Å²) in [6.45, 7) is 5.63. The van der Waals surface area contributed by atoms with Crippen LogP contribution in [0.1, 0.15) is 50.7 Å². The average molecular weight is 519 g/mol. The van der Waals surface area contributed by atoms with E-state index >= 15 is 0 Å². The molecule has 4 rings (SSSR count). The van der Waals surface area contributed by atoms with Crippen LogP contribution < -0.4 is 5.32 Å². The zero-order chi connectivity index (χ0) is 27.4. The maximum absolute atomic E-state index is 13.6. The Kier molecular flexibility index (Phi) is 7.99. The highest BCUT2D eigenvalue weighted by Crippen LogP contribution is 2.44. The van der Waals surface area contributed by atoms with Gasteiger partial charge in [0.1, 0.15) is 11.6 Å². The van der Waals surface area contributed by atoms with Gasteiger partial charge in [-0.25, -0.2) is 4.79 Å². The van der Waals surface area contributed by atoms with E-state index in [-0.39, 0.29) is 24.7 Å². The summed E-state index contributed by atoms with van der Waals surface area (Å²) in [5.41, 5.74) is 1.14. The van der Waals surface area contributed by atoms with Gasteiger partial charge in [0.2, 0.25) is 11.8 Å². The van der Waals surface area contributed by atoms with E-state index in [1.807, 2.05) is 66.7 Å². The number of esters is 1. The van der Waals surface area contributed by atoms with E-state index in [0.29, 0.717) is 6.54 Å². The van der Waals surface area contributed by atoms with Crippen molar-refractivity contribution in [3.05, 3.63) is 77.9 Å². The molecule has 2 aliphatic rings. The van der Waals surface area contributed by atoms with Gasteiger partial charge >= 0.3 is 11.9 Å². The van der Waals surface area contributed by atoms with E-state index in [4.69, 9.17) is 4.74 Å². The molecular weight excluding hydrogens is 484 g/mol. The number of nitrogens with zero attached hydrogens (tertiary/aromatic N) is 1. The molecule has 0 aromatic heterocycles. The van der Waals surface area contributed by atoms with Gasteiger partial charge in [-0.05, 0) is 38.3 Å². The number of hydrogen-bond donors (Lipinski definition) is 2. The third-order valence-electron chi connectivity index (χ3n) is 7.02.